The van der Waals surface area contributed by atoms with E-state index in [0.717, 1.165) is 4.47 Å². The molecule has 0 N–H and O–H groups in total. The maximum Gasteiger partial charge on any atom is 0.232 e. The van der Waals surface area contributed by atoms with Gasteiger partial charge in [0.15, 0.2) is 29.6 Å². The van der Waals surface area contributed by atoms with Crippen LogP contribution in [0, 0.1) is 6.92 Å². The molecule has 0 spiro atoms. The largest absolute Gasteiger partial charge is 0.493 e. The highest BCUT2D eigenvalue weighted by molar-refractivity contribution is 9.10. The molecule has 0 bridgehead atoms. The van der Waals surface area contributed by atoms with Gasteiger partial charge in [-0.25, -0.2) is 0 Å². The molecule has 4 rings (SSSR count). The lowest BCUT2D eigenvalue weighted by molar-refractivity contribution is 0.0920. The van der Waals surface area contributed by atoms with Gasteiger partial charge in [-0.15, -0.1) is 0 Å². The van der Waals surface area contributed by atoms with Gasteiger partial charge in [0.25, 0.3) is 0 Å². The molecule has 0 radical (unpaired) electrons. The van der Waals surface area contributed by atoms with Gasteiger partial charge >= 0.3 is 0 Å². The SMILES string of the molecule is COc1cccc(/C=C2\Oc3cc(OCC(=O)c4ccc(Br)cc4)cc(C)c3C2=O)c1OC. The van der Waals surface area contributed by atoms with Crippen molar-refractivity contribution in [3.05, 3.63) is 87.1 Å². The minimum atomic E-state index is -0.232. The normalized spacial score (nSPS) is 13.5. The highest BCUT2D eigenvalue weighted by Gasteiger charge is 2.30. The van der Waals surface area contributed by atoms with Crippen molar-refractivity contribution < 1.29 is 28.5 Å². The molecule has 0 aliphatic carbocycles. The van der Waals surface area contributed by atoms with E-state index in [4.69, 9.17) is 18.9 Å². The number of fused-ring (bicyclic) bond motifs is 1. The smallest absolute Gasteiger partial charge is 0.232 e. The average molecular weight is 509 g/mol. The lowest BCUT2D eigenvalue weighted by atomic mass is 10.0. The lowest BCUT2D eigenvalue weighted by Gasteiger charge is -2.10. The van der Waals surface area contributed by atoms with E-state index >= 15 is 0 Å². The van der Waals surface area contributed by atoms with Crippen LogP contribution in [0.3, 0.4) is 0 Å². The van der Waals surface area contributed by atoms with Crippen molar-refractivity contribution in [1.82, 2.24) is 0 Å². The predicted molar refractivity (Wildman–Crippen MR) is 128 cm³/mol. The molecule has 168 valence electrons. The minimum absolute atomic E-state index is 0.127. The van der Waals surface area contributed by atoms with Crippen LogP contribution in [-0.2, 0) is 0 Å². The highest BCUT2D eigenvalue weighted by atomic mass is 79.9. The second-order valence-corrected chi connectivity index (χ2v) is 8.27. The van der Waals surface area contributed by atoms with Crippen LogP contribution in [0.25, 0.3) is 6.08 Å². The molecule has 0 amide bonds. The van der Waals surface area contributed by atoms with Gasteiger partial charge in [-0.3, -0.25) is 9.59 Å². The third-order valence-electron chi connectivity index (χ3n) is 5.20. The Balaban J connectivity index is 1.56. The number of para-hydroxylation sites is 1. The number of ether oxygens (including phenoxy) is 4. The second-order valence-electron chi connectivity index (χ2n) is 7.35. The van der Waals surface area contributed by atoms with Crippen LogP contribution in [0.1, 0.15) is 31.8 Å². The first-order chi connectivity index (χ1) is 15.9. The number of rotatable bonds is 7. The van der Waals surface area contributed by atoms with Gasteiger partial charge < -0.3 is 18.9 Å². The van der Waals surface area contributed by atoms with Crippen LogP contribution >= 0.6 is 15.9 Å². The minimum Gasteiger partial charge on any atom is -0.493 e. The van der Waals surface area contributed by atoms with Crippen molar-refractivity contribution in [1.29, 1.82) is 0 Å². The number of hydrogen-bond acceptors (Lipinski definition) is 6. The van der Waals surface area contributed by atoms with Crippen LogP contribution in [0.2, 0.25) is 0 Å². The molecule has 6 nitrogen and oxygen atoms in total. The fourth-order valence-electron chi connectivity index (χ4n) is 3.60. The zero-order valence-electron chi connectivity index (χ0n) is 18.3. The van der Waals surface area contributed by atoms with E-state index < -0.39 is 0 Å². The summed E-state index contributed by atoms with van der Waals surface area (Å²) < 4.78 is 23.2. The number of carbonyl (C=O) groups is 2. The number of aryl methyl sites for hydroxylation is 1. The molecule has 0 aromatic heterocycles. The number of methoxy groups -OCH3 is 2. The van der Waals surface area contributed by atoms with E-state index in [9.17, 15) is 9.59 Å². The molecule has 0 saturated carbocycles. The summed E-state index contributed by atoms with van der Waals surface area (Å²) in [7, 11) is 3.09. The van der Waals surface area contributed by atoms with Crippen molar-refractivity contribution in [3.63, 3.8) is 0 Å². The van der Waals surface area contributed by atoms with Gasteiger partial charge in [0, 0.05) is 21.7 Å². The monoisotopic (exact) mass is 508 g/mol. The third-order valence-corrected chi connectivity index (χ3v) is 5.73. The summed E-state index contributed by atoms with van der Waals surface area (Å²) in [6.07, 6.45) is 1.63. The Bertz CT molecular complexity index is 1260. The Morgan fingerprint density at radius 2 is 1.82 bits per heavy atom. The number of allylic oxidation sites excluding steroid dienone is 1. The third kappa shape index (κ3) is 4.64. The summed E-state index contributed by atoms with van der Waals surface area (Å²) in [6.45, 7) is 1.68. The fourth-order valence-corrected chi connectivity index (χ4v) is 3.86. The van der Waals surface area contributed by atoms with E-state index in [2.05, 4.69) is 15.9 Å². The average Bonchev–Trinajstić information content (AvgIpc) is 3.13. The molecule has 3 aromatic carbocycles. The first kappa shape index (κ1) is 22.6. The van der Waals surface area contributed by atoms with Gasteiger partial charge in [0.05, 0.1) is 19.8 Å². The van der Waals surface area contributed by atoms with Crippen molar-refractivity contribution in [2.75, 3.05) is 20.8 Å². The van der Waals surface area contributed by atoms with Crippen molar-refractivity contribution in [3.8, 4) is 23.0 Å². The van der Waals surface area contributed by atoms with Crippen molar-refractivity contribution in [2.45, 2.75) is 6.92 Å². The van der Waals surface area contributed by atoms with E-state index in [-0.39, 0.29) is 23.9 Å². The predicted octanol–water partition coefficient (Wildman–Crippen LogP) is 5.65. The molecule has 1 aliphatic rings. The molecule has 0 unspecified atom stereocenters. The Morgan fingerprint density at radius 1 is 1.06 bits per heavy atom. The zero-order chi connectivity index (χ0) is 23.5. The Kier molecular flexibility index (Phi) is 6.51. The van der Waals surface area contributed by atoms with E-state index in [0.29, 0.717) is 45.3 Å². The molecular formula is C26H21BrO6. The Labute approximate surface area is 199 Å². The zero-order valence-corrected chi connectivity index (χ0v) is 19.9. The molecule has 3 aromatic rings. The number of benzene rings is 3. The number of hydrogen-bond donors (Lipinski definition) is 0. The summed E-state index contributed by atoms with van der Waals surface area (Å²) in [4.78, 5) is 25.4. The standard InChI is InChI=1S/C26H21BrO6/c1-15-11-19(32-14-20(28)16-7-9-18(27)10-8-16)13-22-24(15)25(29)23(33-22)12-17-5-4-6-21(30-2)26(17)31-3/h4-13H,14H2,1-3H3/b23-12-. The Hall–Kier alpha value is -3.58. The molecule has 0 fully saturated rings. The summed E-state index contributed by atoms with van der Waals surface area (Å²) >= 11 is 3.35. The fraction of sp³-hybridized carbons (Fsp3) is 0.154. The number of halogens is 1. The van der Waals surface area contributed by atoms with E-state index in [1.54, 1.807) is 68.6 Å². The van der Waals surface area contributed by atoms with Crippen LogP contribution in [0.5, 0.6) is 23.0 Å². The first-order valence-electron chi connectivity index (χ1n) is 10.1. The number of Topliss-reactive ketones (excluding diaryl/α,β-unsaturated/α-hetero) is 2. The van der Waals surface area contributed by atoms with Gasteiger partial charge in [-0.2, -0.15) is 0 Å². The van der Waals surface area contributed by atoms with Crippen molar-refractivity contribution in [2.24, 2.45) is 0 Å². The molecule has 1 heterocycles. The number of carbonyl (C=O) groups excluding carboxylic acids is 2. The van der Waals surface area contributed by atoms with E-state index in [1.165, 1.54) is 7.11 Å². The van der Waals surface area contributed by atoms with Crippen LogP contribution in [-0.4, -0.2) is 32.4 Å². The van der Waals surface area contributed by atoms with Gasteiger partial charge in [-0.05, 0) is 42.8 Å². The van der Waals surface area contributed by atoms with Crippen molar-refractivity contribution >= 4 is 33.6 Å². The molecular weight excluding hydrogens is 488 g/mol. The van der Waals surface area contributed by atoms with E-state index in [1.807, 2.05) is 6.07 Å². The summed E-state index contributed by atoms with van der Waals surface area (Å²) in [5, 5.41) is 0. The first-order valence-corrected chi connectivity index (χ1v) is 10.9. The summed E-state index contributed by atoms with van der Waals surface area (Å²) in [5.41, 5.74) is 2.38. The van der Waals surface area contributed by atoms with Gasteiger partial charge in [0.1, 0.15) is 11.5 Å². The molecule has 7 heteroatoms. The molecule has 0 saturated heterocycles. The summed E-state index contributed by atoms with van der Waals surface area (Å²) in [5.74, 6) is 1.68. The topological polar surface area (TPSA) is 71.1 Å². The molecule has 0 atom stereocenters. The maximum atomic E-state index is 13.0. The maximum absolute atomic E-state index is 13.0. The molecule has 33 heavy (non-hydrogen) atoms. The van der Waals surface area contributed by atoms with Crippen LogP contribution in [0.15, 0.2) is 64.8 Å². The Morgan fingerprint density at radius 3 is 2.52 bits per heavy atom. The molecule has 1 aliphatic heterocycles. The van der Waals surface area contributed by atoms with Gasteiger partial charge in [0.2, 0.25) is 5.78 Å². The van der Waals surface area contributed by atoms with Crippen LogP contribution < -0.4 is 18.9 Å². The summed E-state index contributed by atoms with van der Waals surface area (Å²) in [6, 6.07) is 15.8. The van der Waals surface area contributed by atoms with Gasteiger partial charge in [-0.1, -0.05) is 40.2 Å². The lowest BCUT2D eigenvalue weighted by Crippen LogP contribution is -2.11. The highest BCUT2D eigenvalue weighted by Crippen LogP contribution is 2.39. The second kappa shape index (κ2) is 9.50. The van der Waals surface area contributed by atoms with Crippen LogP contribution in [0.4, 0.5) is 0 Å². The number of ketones is 2. The quantitative estimate of drug-likeness (QED) is 0.303.